The number of benzene rings is 7. The van der Waals surface area contributed by atoms with Crippen LogP contribution in [0.1, 0.15) is 26.3 Å². The molecule has 0 aliphatic heterocycles. The van der Waals surface area contributed by atoms with Gasteiger partial charge in [0.15, 0.2) is 0 Å². The SMILES string of the molecule is CC(C)(C)c1ccc(-c2ccc(-n3c4ccccc4c4cc(-c5cccc6c5c5ccccc5n6-c5ccccc5)ccc43)cc2)cc1. The van der Waals surface area contributed by atoms with E-state index in [0.29, 0.717) is 0 Å². The van der Waals surface area contributed by atoms with Crippen LogP contribution in [0, 0.1) is 0 Å². The van der Waals surface area contributed by atoms with E-state index in [-0.39, 0.29) is 5.41 Å². The van der Waals surface area contributed by atoms with E-state index in [0.717, 1.165) is 5.69 Å². The number of para-hydroxylation sites is 3. The van der Waals surface area contributed by atoms with Crippen LogP contribution in [-0.2, 0) is 5.41 Å². The molecule has 0 aliphatic carbocycles. The maximum atomic E-state index is 2.41. The van der Waals surface area contributed by atoms with E-state index in [1.54, 1.807) is 0 Å². The first-order valence-electron chi connectivity index (χ1n) is 16.8. The summed E-state index contributed by atoms with van der Waals surface area (Å²) in [7, 11) is 0. The molecule has 48 heavy (non-hydrogen) atoms. The number of hydrogen-bond acceptors (Lipinski definition) is 0. The monoisotopic (exact) mass is 616 g/mol. The molecule has 9 rings (SSSR count). The van der Waals surface area contributed by atoms with Gasteiger partial charge in [0.05, 0.1) is 22.1 Å². The molecule has 0 amide bonds. The average Bonchev–Trinajstić information content (AvgIpc) is 3.64. The fourth-order valence-corrected chi connectivity index (χ4v) is 7.50. The number of fused-ring (bicyclic) bond motifs is 6. The molecule has 0 radical (unpaired) electrons. The Morgan fingerprint density at radius 1 is 0.375 bits per heavy atom. The third kappa shape index (κ3) is 4.48. The van der Waals surface area contributed by atoms with Crippen molar-refractivity contribution in [1.82, 2.24) is 9.13 Å². The molecular formula is C46H36N2. The summed E-state index contributed by atoms with van der Waals surface area (Å²) in [5.74, 6) is 0. The lowest BCUT2D eigenvalue weighted by Crippen LogP contribution is -2.10. The lowest BCUT2D eigenvalue weighted by Gasteiger charge is -2.19. The molecule has 7 aromatic carbocycles. The van der Waals surface area contributed by atoms with Crippen LogP contribution in [0.2, 0.25) is 0 Å². The van der Waals surface area contributed by atoms with Crippen molar-refractivity contribution in [3.63, 3.8) is 0 Å². The molecule has 2 heteroatoms. The topological polar surface area (TPSA) is 9.86 Å². The fourth-order valence-electron chi connectivity index (χ4n) is 7.50. The number of nitrogens with zero attached hydrogens (tertiary/aromatic N) is 2. The molecule has 0 atom stereocenters. The van der Waals surface area contributed by atoms with Crippen LogP contribution in [0.3, 0.4) is 0 Å². The van der Waals surface area contributed by atoms with Crippen LogP contribution in [-0.4, -0.2) is 9.13 Å². The zero-order valence-corrected chi connectivity index (χ0v) is 27.5. The number of aromatic nitrogens is 2. The Balaban J connectivity index is 1.19. The van der Waals surface area contributed by atoms with Crippen LogP contribution in [0.25, 0.3) is 77.2 Å². The highest BCUT2D eigenvalue weighted by molar-refractivity contribution is 6.17. The average molecular weight is 617 g/mol. The molecule has 2 heterocycles. The molecule has 0 saturated carbocycles. The van der Waals surface area contributed by atoms with E-state index in [9.17, 15) is 0 Å². The van der Waals surface area contributed by atoms with Gasteiger partial charge in [-0.1, -0.05) is 130 Å². The van der Waals surface area contributed by atoms with Gasteiger partial charge in [0, 0.05) is 32.9 Å². The molecule has 0 bridgehead atoms. The normalized spacial score (nSPS) is 12.1. The van der Waals surface area contributed by atoms with Crippen LogP contribution in [0.5, 0.6) is 0 Å². The summed E-state index contributed by atoms with van der Waals surface area (Å²) in [6, 6.07) is 60.0. The van der Waals surface area contributed by atoms with Gasteiger partial charge in [0.2, 0.25) is 0 Å². The van der Waals surface area contributed by atoms with Gasteiger partial charge in [0.1, 0.15) is 0 Å². The molecular weight excluding hydrogens is 581 g/mol. The molecule has 0 N–H and O–H groups in total. The van der Waals surface area contributed by atoms with Gasteiger partial charge in [-0.3, -0.25) is 0 Å². The predicted molar refractivity (Wildman–Crippen MR) is 205 cm³/mol. The molecule has 9 aromatic rings. The van der Waals surface area contributed by atoms with Gasteiger partial charge in [-0.15, -0.1) is 0 Å². The number of hydrogen-bond donors (Lipinski definition) is 0. The van der Waals surface area contributed by atoms with Crippen molar-refractivity contribution in [3.8, 4) is 33.6 Å². The maximum absolute atomic E-state index is 2.41. The Morgan fingerprint density at radius 2 is 0.896 bits per heavy atom. The molecule has 0 spiro atoms. The molecule has 0 aliphatic rings. The summed E-state index contributed by atoms with van der Waals surface area (Å²) in [5, 5.41) is 5.07. The van der Waals surface area contributed by atoms with E-state index in [4.69, 9.17) is 0 Å². The third-order valence-electron chi connectivity index (χ3n) is 9.91. The van der Waals surface area contributed by atoms with E-state index in [1.165, 1.54) is 77.1 Å². The van der Waals surface area contributed by atoms with Crippen molar-refractivity contribution >= 4 is 43.6 Å². The van der Waals surface area contributed by atoms with Gasteiger partial charge in [-0.25, -0.2) is 0 Å². The van der Waals surface area contributed by atoms with Crippen molar-refractivity contribution in [3.05, 3.63) is 169 Å². The third-order valence-corrected chi connectivity index (χ3v) is 9.91. The second-order valence-electron chi connectivity index (χ2n) is 13.8. The molecule has 2 aromatic heterocycles. The minimum absolute atomic E-state index is 0.145. The summed E-state index contributed by atoms with van der Waals surface area (Å²) >= 11 is 0. The summed E-state index contributed by atoms with van der Waals surface area (Å²) < 4.78 is 4.80. The van der Waals surface area contributed by atoms with Crippen LogP contribution < -0.4 is 0 Å². The summed E-state index contributed by atoms with van der Waals surface area (Å²) in [4.78, 5) is 0. The largest absolute Gasteiger partial charge is 0.309 e. The van der Waals surface area contributed by atoms with Gasteiger partial charge < -0.3 is 9.13 Å². The molecule has 0 saturated heterocycles. The first kappa shape index (κ1) is 28.4. The van der Waals surface area contributed by atoms with E-state index >= 15 is 0 Å². The van der Waals surface area contributed by atoms with Crippen molar-refractivity contribution < 1.29 is 0 Å². The summed E-state index contributed by atoms with van der Waals surface area (Å²) in [5.41, 5.74) is 13.6. The standard InChI is InChI=1S/C46H36N2/c1-46(2,3)34-25-20-31(21-26-34)32-22-27-36(28-23-32)47-41-17-9-7-14-38(41)40-30-33(24-29-43(40)47)37-16-11-19-44-45(37)39-15-8-10-18-42(39)48(44)35-12-5-4-6-13-35/h4-30H,1-3H3. The molecule has 0 unspecified atom stereocenters. The Hall–Kier alpha value is -5.86. The zero-order chi connectivity index (χ0) is 32.4. The minimum Gasteiger partial charge on any atom is -0.309 e. The van der Waals surface area contributed by atoms with Crippen LogP contribution >= 0.6 is 0 Å². The van der Waals surface area contributed by atoms with E-state index in [2.05, 4.69) is 194 Å². The van der Waals surface area contributed by atoms with Crippen molar-refractivity contribution in [2.45, 2.75) is 26.2 Å². The van der Waals surface area contributed by atoms with Gasteiger partial charge in [-0.2, -0.15) is 0 Å². The second kappa shape index (κ2) is 10.9. The maximum Gasteiger partial charge on any atom is 0.0547 e. The highest BCUT2D eigenvalue weighted by Crippen LogP contribution is 2.41. The highest BCUT2D eigenvalue weighted by Gasteiger charge is 2.18. The van der Waals surface area contributed by atoms with Gasteiger partial charge in [0.25, 0.3) is 0 Å². The van der Waals surface area contributed by atoms with Crippen molar-refractivity contribution in [2.75, 3.05) is 0 Å². The van der Waals surface area contributed by atoms with Crippen LogP contribution in [0.15, 0.2) is 164 Å². The van der Waals surface area contributed by atoms with E-state index < -0.39 is 0 Å². The molecule has 2 nitrogen and oxygen atoms in total. The highest BCUT2D eigenvalue weighted by atomic mass is 15.0. The Bertz CT molecular complexity index is 2610. The lowest BCUT2D eigenvalue weighted by molar-refractivity contribution is 0.590. The summed E-state index contributed by atoms with van der Waals surface area (Å²) in [6.45, 7) is 6.78. The van der Waals surface area contributed by atoms with E-state index in [1.807, 2.05) is 0 Å². The first-order chi connectivity index (χ1) is 23.5. The first-order valence-corrected chi connectivity index (χ1v) is 16.8. The zero-order valence-electron chi connectivity index (χ0n) is 27.5. The van der Waals surface area contributed by atoms with Gasteiger partial charge in [-0.05, 0) is 87.8 Å². The predicted octanol–water partition coefficient (Wildman–Crippen LogP) is 12.5. The fraction of sp³-hybridized carbons (Fsp3) is 0.0870. The number of rotatable bonds is 4. The Labute approximate surface area is 281 Å². The molecule has 230 valence electrons. The van der Waals surface area contributed by atoms with Crippen molar-refractivity contribution in [1.29, 1.82) is 0 Å². The Morgan fingerprint density at radius 3 is 1.60 bits per heavy atom. The smallest absolute Gasteiger partial charge is 0.0547 e. The minimum atomic E-state index is 0.145. The second-order valence-corrected chi connectivity index (χ2v) is 13.8. The van der Waals surface area contributed by atoms with Gasteiger partial charge >= 0.3 is 0 Å². The van der Waals surface area contributed by atoms with Crippen LogP contribution in [0.4, 0.5) is 0 Å². The lowest BCUT2D eigenvalue weighted by atomic mass is 9.86. The van der Waals surface area contributed by atoms with Crippen molar-refractivity contribution in [2.24, 2.45) is 0 Å². The quantitative estimate of drug-likeness (QED) is 0.186. The molecule has 0 fully saturated rings. The summed E-state index contributed by atoms with van der Waals surface area (Å²) in [6.07, 6.45) is 0. The Kier molecular flexibility index (Phi) is 6.42.